The van der Waals surface area contributed by atoms with Crippen molar-refractivity contribution in [3.8, 4) is 0 Å². The number of rotatable bonds is 5. The molecule has 0 saturated heterocycles. The molecule has 1 aromatic carbocycles. The van der Waals surface area contributed by atoms with Gasteiger partial charge >= 0.3 is 0 Å². The van der Waals surface area contributed by atoms with Gasteiger partial charge in [-0.05, 0) is 25.1 Å². The number of anilines is 1. The summed E-state index contributed by atoms with van der Waals surface area (Å²) in [4.78, 5) is 16.0. The number of amides is 1. The van der Waals surface area contributed by atoms with Crippen molar-refractivity contribution in [2.24, 2.45) is 0 Å². The van der Waals surface area contributed by atoms with E-state index < -0.39 is 0 Å². The SMILES string of the molecule is CCNc1ccc(C(=O)NCc2ccccc2F)cn1. The van der Waals surface area contributed by atoms with Crippen molar-refractivity contribution < 1.29 is 9.18 Å². The summed E-state index contributed by atoms with van der Waals surface area (Å²) < 4.78 is 13.4. The molecule has 0 aliphatic carbocycles. The minimum atomic E-state index is -0.326. The largest absolute Gasteiger partial charge is 0.370 e. The van der Waals surface area contributed by atoms with E-state index in [1.807, 2.05) is 6.92 Å². The number of carbonyl (C=O) groups is 1. The molecule has 1 aromatic heterocycles. The molecule has 0 aliphatic heterocycles. The number of halogens is 1. The van der Waals surface area contributed by atoms with Crippen molar-refractivity contribution in [2.75, 3.05) is 11.9 Å². The van der Waals surface area contributed by atoms with Gasteiger partial charge in [-0.15, -0.1) is 0 Å². The molecule has 0 radical (unpaired) electrons. The summed E-state index contributed by atoms with van der Waals surface area (Å²) in [7, 11) is 0. The van der Waals surface area contributed by atoms with Crippen LogP contribution in [-0.4, -0.2) is 17.4 Å². The Labute approximate surface area is 117 Å². The first-order valence-electron chi connectivity index (χ1n) is 6.42. The number of nitrogens with zero attached hydrogens (tertiary/aromatic N) is 1. The molecule has 0 saturated carbocycles. The maximum absolute atomic E-state index is 13.4. The Hall–Kier alpha value is -2.43. The van der Waals surface area contributed by atoms with Gasteiger partial charge in [-0.2, -0.15) is 0 Å². The van der Waals surface area contributed by atoms with E-state index in [1.165, 1.54) is 12.3 Å². The van der Waals surface area contributed by atoms with Crippen LogP contribution < -0.4 is 10.6 Å². The standard InChI is InChI=1S/C15H16FN3O/c1-2-17-14-8-7-12(10-18-14)15(20)19-9-11-5-3-4-6-13(11)16/h3-8,10H,2,9H2,1H3,(H,17,18)(H,19,20). The van der Waals surface area contributed by atoms with Gasteiger partial charge in [0, 0.05) is 24.8 Å². The second kappa shape index (κ2) is 6.65. The fourth-order valence-corrected chi connectivity index (χ4v) is 1.73. The smallest absolute Gasteiger partial charge is 0.253 e. The van der Waals surface area contributed by atoms with E-state index in [0.29, 0.717) is 11.1 Å². The number of pyridine rings is 1. The molecule has 0 atom stereocenters. The average Bonchev–Trinajstić information content (AvgIpc) is 2.47. The molecule has 0 unspecified atom stereocenters. The van der Waals surface area contributed by atoms with Gasteiger partial charge in [0.2, 0.25) is 0 Å². The van der Waals surface area contributed by atoms with Crippen LogP contribution in [0.5, 0.6) is 0 Å². The van der Waals surface area contributed by atoms with E-state index in [9.17, 15) is 9.18 Å². The summed E-state index contributed by atoms with van der Waals surface area (Å²) in [5.41, 5.74) is 0.904. The average molecular weight is 273 g/mol. The molecule has 0 fully saturated rings. The molecule has 2 aromatic rings. The minimum absolute atomic E-state index is 0.153. The fourth-order valence-electron chi connectivity index (χ4n) is 1.73. The van der Waals surface area contributed by atoms with Gasteiger partial charge in [0.15, 0.2) is 0 Å². The first kappa shape index (κ1) is 14.0. The van der Waals surface area contributed by atoms with Crippen molar-refractivity contribution in [3.05, 3.63) is 59.5 Å². The van der Waals surface area contributed by atoms with E-state index in [4.69, 9.17) is 0 Å². The maximum Gasteiger partial charge on any atom is 0.253 e. The van der Waals surface area contributed by atoms with Crippen molar-refractivity contribution in [3.63, 3.8) is 0 Å². The predicted octanol–water partition coefficient (Wildman–Crippen LogP) is 2.58. The minimum Gasteiger partial charge on any atom is -0.370 e. The van der Waals surface area contributed by atoms with E-state index in [1.54, 1.807) is 30.3 Å². The highest BCUT2D eigenvalue weighted by atomic mass is 19.1. The molecule has 4 nitrogen and oxygen atoms in total. The Morgan fingerprint density at radius 3 is 2.70 bits per heavy atom. The van der Waals surface area contributed by atoms with Crippen molar-refractivity contribution in [1.82, 2.24) is 10.3 Å². The molecular formula is C15H16FN3O. The highest BCUT2D eigenvalue weighted by molar-refractivity contribution is 5.93. The summed E-state index contributed by atoms with van der Waals surface area (Å²) in [5.74, 6) is 0.121. The van der Waals surface area contributed by atoms with Crippen LogP contribution in [0.15, 0.2) is 42.6 Å². The maximum atomic E-state index is 13.4. The fraction of sp³-hybridized carbons (Fsp3) is 0.200. The zero-order chi connectivity index (χ0) is 14.4. The Bertz CT molecular complexity index is 584. The summed E-state index contributed by atoms with van der Waals surface area (Å²) in [6, 6.07) is 9.78. The number of hydrogen-bond donors (Lipinski definition) is 2. The van der Waals surface area contributed by atoms with Crippen molar-refractivity contribution in [1.29, 1.82) is 0 Å². The summed E-state index contributed by atoms with van der Waals surface area (Å²) in [6.07, 6.45) is 1.49. The quantitative estimate of drug-likeness (QED) is 0.880. The molecule has 0 bridgehead atoms. The molecule has 2 N–H and O–H groups in total. The summed E-state index contributed by atoms with van der Waals surface area (Å²) >= 11 is 0. The third-order valence-corrected chi connectivity index (χ3v) is 2.78. The Balaban J connectivity index is 1.96. The number of hydrogen-bond acceptors (Lipinski definition) is 3. The molecule has 104 valence electrons. The van der Waals surface area contributed by atoms with Crippen molar-refractivity contribution in [2.45, 2.75) is 13.5 Å². The molecule has 0 spiro atoms. The van der Waals surface area contributed by atoms with Gasteiger partial charge < -0.3 is 10.6 Å². The van der Waals surface area contributed by atoms with Gasteiger partial charge in [0.1, 0.15) is 11.6 Å². The highest BCUT2D eigenvalue weighted by Crippen LogP contribution is 2.07. The van der Waals surface area contributed by atoms with Crippen molar-refractivity contribution >= 4 is 11.7 Å². The van der Waals surface area contributed by atoms with Gasteiger partial charge in [-0.1, -0.05) is 18.2 Å². The highest BCUT2D eigenvalue weighted by Gasteiger charge is 2.07. The zero-order valence-electron chi connectivity index (χ0n) is 11.2. The number of aromatic nitrogens is 1. The topological polar surface area (TPSA) is 54.0 Å². The number of nitrogens with one attached hydrogen (secondary N) is 2. The monoisotopic (exact) mass is 273 g/mol. The predicted molar refractivity (Wildman–Crippen MR) is 76.0 cm³/mol. The lowest BCUT2D eigenvalue weighted by atomic mass is 10.2. The van der Waals surface area contributed by atoms with Crippen LogP contribution in [0, 0.1) is 5.82 Å². The third kappa shape index (κ3) is 3.54. The molecule has 1 heterocycles. The van der Waals surface area contributed by atoms with E-state index in [2.05, 4.69) is 15.6 Å². The molecule has 0 aliphatic rings. The Kier molecular flexibility index (Phi) is 4.65. The van der Waals surface area contributed by atoms with Gasteiger partial charge in [-0.3, -0.25) is 4.79 Å². The zero-order valence-corrected chi connectivity index (χ0v) is 11.2. The van der Waals surface area contributed by atoms with Crippen LogP contribution in [0.2, 0.25) is 0 Å². The van der Waals surface area contributed by atoms with Crippen LogP contribution in [0.3, 0.4) is 0 Å². The van der Waals surface area contributed by atoms with Crippen LogP contribution in [0.4, 0.5) is 10.2 Å². The van der Waals surface area contributed by atoms with Gasteiger partial charge in [0.25, 0.3) is 5.91 Å². The molecule has 2 rings (SSSR count). The molecule has 5 heteroatoms. The second-order valence-electron chi connectivity index (χ2n) is 4.24. The molecular weight excluding hydrogens is 257 g/mol. The van der Waals surface area contributed by atoms with E-state index >= 15 is 0 Å². The van der Waals surface area contributed by atoms with E-state index in [0.717, 1.165) is 12.4 Å². The van der Waals surface area contributed by atoms with Crippen LogP contribution in [-0.2, 0) is 6.54 Å². The van der Waals surface area contributed by atoms with Crippen LogP contribution >= 0.6 is 0 Å². The third-order valence-electron chi connectivity index (χ3n) is 2.78. The van der Waals surface area contributed by atoms with E-state index in [-0.39, 0.29) is 18.3 Å². The lowest BCUT2D eigenvalue weighted by molar-refractivity contribution is 0.0950. The number of benzene rings is 1. The summed E-state index contributed by atoms with van der Waals surface area (Å²) in [5, 5.41) is 5.71. The first-order valence-corrected chi connectivity index (χ1v) is 6.42. The lowest BCUT2D eigenvalue weighted by Crippen LogP contribution is -2.23. The normalized spacial score (nSPS) is 10.1. The molecule has 20 heavy (non-hydrogen) atoms. The lowest BCUT2D eigenvalue weighted by Gasteiger charge is -2.07. The van der Waals surface area contributed by atoms with Crippen LogP contribution in [0.1, 0.15) is 22.8 Å². The summed E-state index contributed by atoms with van der Waals surface area (Å²) in [6.45, 7) is 2.89. The van der Waals surface area contributed by atoms with Crippen LogP contribution in [0.25, 0.3) is 0 Å². The first-order chi connectivity index (χ1) is 9.70. The Morgan fingerprint density at radius 1 is 1.25 bits per heavy atom. The second-order valence-corrected chi connectivity index (χ2v) is 4.24. The Morgan fingerprint density at radius 2 is 2.05 bits per heavy atom. The molecule has 1 amide bonds. The number of carbonyl (C=O) groups excluding carboxylic acids is 1. The van der Waals surface area contributed by atoms with Gasteiger partial charge in [0.05, 0.1) is 5.56 Å². The van der Waals surface area contributed by atoms with Gasteiger partial charge in [-0.25, -0.2) is 9.37 Å².